The van der Waals surface area contributed by atoms with E-state index >= 15 is 0 Å². The van der Waals surface area contributed by atoms with Crippen molar-refractivity contribution in [3.05, 3.63) is 53.6 Å². The molecular weight excluding hydrogens is 352 g/mol. The quantitative estimate of drug-likeness (QED) is 0.790. The van der Waals surface area contributed by atoms with Gasteiger partial charge in [0.15, 0.2) is 0 Å². The molecule has 0 aromatic heterocycles. The van der Waals surface area contributed by atoms with Gasteiger partial charge in [-0.1, -0.05) is 12.1 Å². The summed E-state index contributed by atoms with van der Waals surface area (Å²) in [6, 6.07) is 13.4. The van der Waals surface area contributed by atoms with Gasteiger partial charge in [0.05, 0.1) is 7.11 Å². The van der Waals surface area contributed by atoms with E-state index in [1.54, 1.807) is 13.2 Å². The third-order valence-electron chi connectivity index (χ3n) is 5.30. The lowest BCUT2D eigenvalue weighted by atomic mass is 9.81. The highest BCUT2D eigenvalue weighted by molar-refractivity contribution is 5.94. The smallest absolute Gasteiger partial charge is 0.227 e. The molecule has 0 unspecified atom stereocenters. The lowest BCUT2D eigenvalue weighted by Gasteiger charge is -2.27. The highest BCUT2D eigenvalue weighted by atomic mass is 16.5. The largest absolute Gasteiger partial charge is 0.497 e. The van der Waals surface area contributed by atoms with E-state index in [0.29, 0.717) is 5.75 Å². The maximum atomic E-state index is 12.6. The number of amides is 2. The van der Waals surface area contributed by atoms with E-state index in [2.05, 4.69) is 16.7 Å². The molecule has 1 fully saturated rings. The molecule has 2 aromatic rings. The third-order valence-corrected chi connectivity index (χ3v) is 5.30. The van der Waals surface area contributed by atoms with Crippen LogP contribution >= 0.6 is 0 Å². The van der Waals surface area contributed by atoms with Crippen LogP contribution in [0, 0.1) is 25.7 Å². The van der Waals surface area contributed by atoms with Gasteiger partial charge in [0.1, 0.15) is 5.75 Å². The van der Waals surface area contributed by atoms with Crippen molar-refractivity contribution in [1.29, 1.82) is 0 Å². The first-order valence-electron chi connectivity index (χ1n) is 9.78. The zero-order valence-electron chi connectivity index (χ0n) is 16.7. The summed E-state index contributed by atoms with van der Waals surface area (Å²) in [6.07, 6.45) is 2.90. The highest BCUT2D eigenvalue weighted by Crippen LogP contribution is 2.31. The Morgan fingerprint density at radius 2 is 1.36 bits per heavy atom. The maximum absolute atomic E-state index is 12.6. The molecule has 3 rings (SSSR count). The zero-order valence-corrected chi connectivity index (χ0v) is 16.7. The molecule has 5 heteroatoms. The summed E-state index contributed by atoms with van der Waals surface area (Å²) in [4.78, 5) is 25.2. The molecular formula is C23H28N2O3. The van der Waals surface area contributed by atoms with Crippen molar-refractivity contribution in [3.63, 3.8) is 0 Å². The van der Waals surface area contributed by atoms with Gasteiger partial charge in [0.2, 0.25) is 11.8 Å². The number of hydrogen-bond acceptors (Lipinski definition) is 3. The molecule has 1 aliphatic rings. The Morgan fingerprint density at radius 1 is 0.821 bits per heavy atom. The molecule has 2 aromatic carbocycles. The molecule has 1 aliphatic carbocycles. The topological polar surface area (TPSA) is 67.4 Å². The Bertz CT molecular complexity index is 834. The first-order valence-corrected chi connectivity index (χ1v) is 9.78. The summed E-state index contributed by atoms with van der Waals surface area (Å²) < 4.78 is 5.19. The number of aryl methyl sites for hydroxylation is 2. The number of rotatable bonds is 5. The van der Waals surface area contributed by atoms with Crippen LogP contribution in [-0.4, -0.2) is 18.9 Å². The van der Waals surface area contributed by atoms with Crippen LogP contribution in [0.15, 0.2) is 42.5 Å². The number of carbonyl (C=O) groups excluding carboxylic acids is 2. The SMILES string of the molecule is COc1cccc(NC(=O)C2CCC(C(=O)Nc3cc(C)cc(C)c3)CC2)c1. The van der Waals surface area contributed by atoms with Crippen molar-refractivity contribution < 1.29 is 14.3 Å². The van der Waals surface area contributed by atoms with Crippen molar-refractivity contribution in [2.45, 2.75) is 39.5 Å². The fraction of sp³-hybridized carbons (Fsp3) is 0.391. The fourth-order valence-corrected chi connectivity index (χ4v) is 3.85. The van der Waals surface area contributed by atoms with Crippen LogP contribution in [0.3, 0.4) is 0 Å². The van der Waals surface area contributed by atoms with Crippen LogP contribution in [-0.2, 0) is 9.59 Å². The maximum Gasteiger partial charge on any atom is 0.227 e. The number of nitrogens with one attached hydrogen (secondary N) is 2. The average molecular weight is 380 g/mol. The van der Waals surface area contributed by atoms with Gasteiger partial charge in [-0.25, -0.2) is 0 Å². The zero-order chi connectivity index (χ0) is 20.1. The number of anilines is 2. The number of carbonyl (C=O) groups is 2. The molecule has 0 spiro atoms. The minimum Gasteiger partial charge on any atom is -0.497 e. The molecule has 2 amide bonds. The van der Waals surface area contributed by atoms with Crippen molar-refractivity contribution in [2.75, 3.05) is 17.7 Å². The monoisotopic (exact) mass is 380 g/mol. The summed E-state index contributed by atoms with van der Waals surface area (Å²) in [5, 5.41) is 6.00. The lowest BCUT2D eigenvalue weighted by Crippen LogP contribution is -2.32. The van der Waals surface area contributed by atoms with Crippen molar-refractivity contribution >= 4 is 23.2 Å². The van der Waals surface area contributed by atoms with Gasteiger partial charge in [-0.3, -0.25) is 9.59 Å². The van der Waals surface area contributed by atoms with Gasteiger partial charge in [0, 0.05) is 29.3 Å². The average Bonchev–Trinajstić information content (AvgIpc) is 2.67. The summed E-state index contributed by atoms with van der Waals surface area (Å²) in [7, 11) is 1.60. The van der Waals surface area contributed by atoms with Crippen molar-refractivity contribution in [2.24, 2.45) is 11.8 Å². The molecule has 0 radical (unpaired) electrons. The van der Waals surface area contributed by atoms with Gasteiger partial charge in [0.25, 0.3) is 0 Å². The fourth-order valence-electron chi connectivity index (χ4n) is 3.85. The summed E-state index contributed by atoms with van der Waals surface area (Å²) in [6.45, 7) is 4.05. The van der Waals surface area contributed by atoms with Gasteiger partial charge in [-0.05, 0) is 74.9 Å². The normalized spacial score (nSPS) is 19.0. The molecule has 5 nitrogen and oxygen atoms in total. The van der Waals surface area contributed by atoms with E-state index in [4.69, 9.17) is 4.74 Å². The van der Waals surface area contributed by atoms with E-state index < -0.39 is 0 Å². The number of methoxy groups -OCH3 is 1. The molecule has 28 heavy (non-hydrogen) atoms. The van der Waals surface area contributed by atoms with E-state index in [1.165, 1.54) is 0 Å². The Hall–Kier alpha value is -2.82. The van der Waals surface area contributed by atoms with Gasteiger partial charge in [-0.2, -0.15) is 0 Å². The lowest BCUT2D eigenvalue weighted by molar-refractivity contribution is -0.125. The Balaban J connectivity index is 1.51. The van der Waals surface area contributed by atoms with Crippen LogP contribution in [0.1, 0.15) is 36.8 Å². The molecule has 2 N–H and O–H groups in total. The van der Waals surface area contributed by atoms with Crippen LogP contribution in [0.4, 0.5) is 11.4 Å². The second-order valence-corrected chi connectivity index (χ2v) is 7.64. The van der Waals surface area contributed by atoms with Gasteiger partial charge >= 0.3 is 0 Å². The number of hydrogen-bond donors (Lipinski definition) is 2. The molecule has 0 atom stereocenters. The predicted molar refractivity (Wildman–Crippen MR) is 112 cm³/mol. The minimum atomic E-state index is -0.0588. The Morgan fingerprint density at radius 3 is 1.89 bits per heavy atom. The number of benzene rings is 2. The highest BCUT2D eigenvalue weighted by Gasteiger charge is 2.30. The van der Waals surface area contributed by atoms with Crippen LogP contribution in [0.25, 0.3) is 0 Å². The summed E-state index contributed by atoms with van der Waals surface area (Å²) in [5.74, 6) is 0.681. The molecule has 1 saturated carbocycles. The standard InChI is InChI=1S/C23H28N2O3/c1-15-11-16(2)13-20(12-15)25-23(27)18-9-7-17(8-10-18)22(26)24-19-5-4-6-21(14-19)28-3/h4-6,11-14,17-18H,7-10H2,1-3H3,(H,24,26)(H,25,27). The van der Waals surface area contributed by atoms with Gasteiger partial charge < -0.3 is 15.4 Å². The van der Waals surface area contributed by atoms with E-state index in [9.17, 15) is 9.59 Å². The minimum absolute atomic E-state index is 0.0152. The second-order valence-electron chi connectivity index (χ2n) is 7.64. The van der Waals surface area contributed by atoms with Crippen LogP contribution in [0.5, 0.6) is 5.75 Å². The molecule has 0 heterocycles. The van der Waals surface area contributed by atoms with Crippen molar-refractivity contribution in [3.8, 4) is 5.75 Å². The first-order chi connectivity index (χ1) is 13.4. The third kappa shape index (κ3) is 5.12. The van der Waals surface area contributed by atoms with Gasteiger partial charge in [-0.15, -0.1) is 0 Å². The Kier molecular flexibility index (Phi) is 6.34. The first kappa shape index (κ1) is 19.9. The molecule has 148 valence electrons. The van der Waals surface area contributed by atoms with Crippen LogP contribution < -0.4 is 15.4 Å². The molecule has 0 bridgehead atoms. The second kappa shape index (κ2) is 8.91. The van der Waals surface area contributed by atoms with Crippen molar-refractivity contribution in [1.82, 2.24) is 0 Å². The number of ether oxygens (including phenoxy) is 1. The summed E-state index contributed by atoms with van der Waals surface area (Å²) >= 11 is 0. The van der Waals surface area contributed by atoms with Crippen LogP contribution in [0.2, 0.25) is 0 Å². The molecule has 0 aliphatic heterocycles. The van der Waals surface area contributed by atoms with E-state index in [0.717, 1.165) is 48.2 Å². The summed E-state index contributed by atoms with van der Waals surface area (Å²) in [5.41, 5.74) is 3.85. The Labute approximate surface area is 166 Å². The van der Waals surface area contributed by atoms with E-state index in [1.807, 2.05) is 44.2 Å². The van der Waals surface area contributed by atoms with E-state index in [-0.39, 0.29) is 23.7 Å². The molecule has 0 saturated heterocycles. The predicted octanol–water partition coefficient (Wildman–Crippen LogP) is 4.70.